The third kappa shape index (κ3) is 7.89. The van der Waals surface area contributed by atoms with Crippen molar-refractivity contribution in [2.45, 2.75) is 0 Å². The molecule has 0 amide bonds. The summed E-state index contributed by atoms with van der Waals surface area (Å²) in [5.74, 6) is 0.418. The Bertz CT molecular complexity index is 124. The molecule has 1 unspecified atom stereocenters. The van der Waals surface area contributed by atoms with E-state index in [1.165, 1.54) is 0 Å². The summed E-state index contributed by atoms with van der Waals surface area (Å²) in [6.45, 7) is 0.118. The summed E-state index contributed by atoms with van der Waals surface area (Å²) in [5, 5.41) is 6.71. The van der Waals surface area contributed by atoms with E-state index in [4.69, 9.17) is 15.7 Å². The molecule has 0 radical (unpaired) electrons. The first-order chi connectivity index (χ1) is 4.63. The van der Waals surface area contributed by atoms with Crippen LogP contribution < -0.4 is 5.73 Å². The largest absolute Gasteiger partial charge is 0.379 e. The Balaban J connectivity index is 3.06. The molecule has 5 nitrogen and oxygen atoms in total. The van der Waals surface area contributed by atoms with Gasteiger partial charge in [0.2, 0.25) is 0 Å². The molecule has 7 heteroatoms. The molecule has 0 saturated heterocycles. The SMILES string of the molecule is N=C(N)SCCOS(=O)O. The minimum absolute atomic E-state index is 0.0210. The van der Waals surface area contributed by atoms with Crippen LogP contribution in [0.1, 0.15) is 0 Å². The lowest BCUT2D eigenvalue weighted by Gasteiger charge is -1.96. The van der Waals surface area contributed by atoms with Gasteiger partial charge in [-0.05, 0) is 0 Å². The summed E-state index contributed by atoms with van der Waals surface area (Å²) in [6, 6.07) is 0. The van der Waals surface area contributed by atoms with Gasteiger partial charge in [-0.1, -0.05) is 11.8 Å². The Kier molecular flexibility index (Phi) is 5.60. The number of amidine groups is 1. The molecule has 4 N–H and O–H groups in total. The number of rotatable bonds is 4. The highest BCUT2D eigenvalue weighted by Crippen LogP contribution is 1.96. The number of hydrogen-bond acceptors (Lipinski definition) is 4. The first kappa shape index (κ1) is 9.89. The van der Waals surface area contributed by atoms with Crippen molar-refractivity contribution in [2.24, 2.45) is 5.73 Å². The van der Waals surface area contributed by atoms with Gasteiger partial charge in [0.25, 0.3) is 0 Å². The van der Waals surface area contributed by atoms with Gasteiger partial charge in [-0.25, -0.2) is 0 Å². The van der Waals surface area contributed by atoms with Gasteiger partial charge in [-0.3, -0.25) is 14.1 Å². The minimum Gasteiger partial charge on any atom is -0.379 e. The third-order valence-electron chi connectivity index (χ3n) is 0.525. The van der Waals surface area contributed by atoms with Gasteiger partial charge in [0.15, 0.2) is 5.17 Å². The highest BCUT2D eigenvalue weighted by Gasteiger charge is 1.94. The van der Waals surface area contributed by atoms with Crippen LogP contribution in [0.25, 0.3) is 0 Å². The average Bonchev–Trinajstić information content (AvgIpc) is 1.79. The Morgan fingerprint density at radius 3 is 2.90 bits per heavy atom. The molecule has 0 aromatic rings. The van der Waals surface area contributed by atoms with Crippen molar-refractivity contribution in [1.29, 1.82) is 5.41 Å². The zero-order chi connectivity index (χ0) is 7.98. The molecule has 0 bridgehead atoms. The molecule has 0 fully saturated rings. The summed E-state index contributed by atoms with van der Waals surface area (Å²) in [7, 11) is 0. The van der Waals surface area contributed by atoms with Crippen molar-refractivity contribution in [3.8, 4) is 0 Å². The van der Waals surface area contributed by atoms with Crippen molar-refractivity contribution < 1.29 is 12.9 Å². The van der Waals surface area contributed by atoms with E-state index in [1.807, 2.05) is 0 Å². The highest BCUT2D eigenvalue weighted by atomic mass is 32.2. The van der Waals surface area contributed by atoms with Crippen LogP contribution in [0.15, 0.2) is 0 Å². The van der Waals surface area contributed by atoms with Gasteiger partial charge in [0.1, 0.15) is 0 Å². The Morgan fingerprint density at radius 2 is 2.50 bits per heavy atom. The van der Waals surface area contributed by atoms with Gasteiger partial charge < -0.3 is 5.73 Å². The Morgan fingerprint density at radius 1 is 1.90 bits per heavy atom. The summed E-state index contributed by atoms with van der Waals surface area (Å²) in [5.41, 5.74) is 4.96. The maximum Gasteiger partial charge on any atom is 0.301 e. The van der Waals surface area contributed by atoms with Gasteiger partial charge >= 0.3 is 11.4 Å². The van der Waals surface area contributed by atoms with Crippen molar-refractivity contribution in [2.75, 3.05) is 12.4 Å². The molecule has 60 valence electrons. The normalized spacial score (nSPS) is 12.9. The fourth-order valence-corrected chi connectivity index (χ4v) is 0.975. The molecule has 10 heavy (non-hydrogen) atoms. The fraction of sp³-hybridized carbons (Fsp3) is 0.667. The molecular formula is C3H8N2O3S2. The molecule has 0 spiro atoms. The number of thioether (sulfide) groups is 1. The van der Waals surface area contributed by atoms with Gasteiger partial charge in [0.05, 0.1) is 6.61 Å². The van der Waals surface area contributed by atoms with Crippen molar-refractivity contribution in [3.05, 3.63) is 0 Å². The smallest absolute Gasteiger partial charge is 0.301 e. The van der Waals surface area contributed by atoms with E-state index in [2.05, 4.69) is 4.18 Å². The monoisotopic (exact) mass is 184 g/mol. The maximum atomic E-state index is 9.84. The second kappa shape index (κ2) is 5.66. The van der Waals surface area contributed by atoms with E-state index in [-0.39, 0.29) is 11.8 Å². The van der Waals surface area contributed by atoms with Gasteiger partial charge in [-0.2, -0.15) is 4.21 Å². The predicted molar refractivity (Wildman–Crippen MR) is 41.1 cm³/mol. The topological polar surface area (TPSA) is 96.4 Å². The zero-order valence-corrected chi connectivity index (χ0v) is 6.70. The van der Waals surface area contributed by atoms with Crippen LogP contribution >= 0.6 is 11.8 Å². The van der Waals surface area contributed by atoms with Crippen LogP contribution in [0, 0.1) is 5.41 Å². The first-order valence-electron chi connectivity index (χ1n) is 2.34. The summed E-state index contributed by atoms with van der Waals surface area (Å²) in [4.78, 5) is 0. The van der Waals surface area contributed by atoms with E-state index in [1.54, 1.807) is 0 Å². The molecule has 0 aliphatic carbocycles. The summed E-state index contributed by atoms with van der Waals surface area (Å²) in [6.07, 6.45) is 0. The lowest BCUT2D eigenvalue weighted by molar-refractivity contribution is 0.328. The van der Waals surface area contributed by atoms with Crippen LogP contribution in [-0.4, -0.2) is 26.3 Å². The lowest BCUT2D eigenvalue weighted by Crippen LogP contribution is -2.07. The molecule has 0 aliphatic rings. The van der Waals surface area contributed by atoms with Crippen LogP contribution in [0.2, 0.25) is 0 Å². The standard InChI is InChI=1S/C3H8N2O3S2/c4-3(5)9-2-1-8-10(6)7/h1-2H2,(H3,4,5)(H,6,7). The molecular weight excluding hydrogens is 176 g/mol. The Hall–Kier alpha value is -0.110. The number of nitrogens with one attached hydrogen (secondary N) is 1. The Labute approximate surface area is 65.3 Å². The van der Waals surface area contributed by atoms with E-state index in [0.717, 1.165) is 11.8 Å². The number of hydrogen-bond donors (Lipinski definition) is 3. The average molecular weight is 184 g/mol. The van der Waals surface area contributed by atoms with Crippen LogP contribution in [0.5, 0.6) is 0 Å². The molecule has 1 atom stereocenters. The molecule has 0 aromatic carbocycles. The zero-order valence-electron chi connectivity index (χ0n) is 5.07. The first-order valence-corrected chi connectivity index (χ1v) is 4.35. The molecule has 0 aliphatic heterocycles. The van der Waals surface area contributed by atoms with Crippen LogP contribution in [0.4, 0.5) is 0 Å². The van der Waals surface area contributed by atoms with E-state index < -0.39 is 11.4 Å². The van der Waals surface area contributed by atoms with E-state index in [9.17, 15) is 4.21 Å². The molecule has 0 rings (SSSR count). The maximum absolute atomic E-state index is 9.84. The molecule has 0 heterocycles. The van der Waals surface area contributed by atoms with Crippen LogP contribution in [-0.2, 0) is 15.5 Å². The molecule has 0 saturated carbocycles. The van der Waals surface area contributed by atoms with Gasteiger partial charge in [-0.15, -0.1) is 0 Å². The van der Waals surface area contributed by atoms with Gasteiger partial charge in [0, 0.05) is 5.75 Å². The van der Waals surface area contributed by atoms with E-state index in [0.29, 0.717) is 5.75 Å². The quantitative estimate of drug-likeness (QED) is 0.243. The minimum atomic E-state index is -2.20. The fourth-order valence-electron chi connectivity index (χ4n) is 0.257. The summed E-state index contributed by atoms with van der Waals surface area (Å²) < 4.78 is 22.2. The van der Waals surface area contributed by atoms with Crippen molar-refractivity contribution in [1.82, 2.24) is 0 Å². The third-order valence-corrected chi connectivity index (χ3v) is 1.58. The van der Waals surface area contributed by atoms with Crippen molar-refractivity contribution >= 4 is 28.3 Å². The molecule has 0 aromatic heterocycles. The second-order valence-electron chi connectivity index (χ2n) is 1.25. The number of nitrogens with two attached hydrogens (primary N) is 1. The summed E-state index contributed by atoms with van der Waals surface area (Å²) >= 11 is -1.14. The van der Waals surface area contributed by atoms with Crippen molar-refractivity contribution in [3.63, 3.8) is 0 Å². The highest BCUT2D eigenvalue weighted by molar-refractivity contribution is 8.13. The van der Waals surface area contributed by atoms with E-state index >= 15 is 0 Å². The van der Waals surface area contributed by atoms with Crippen LogP contribution in [0.3, 0.4) is 0 Å². The lowest BCUT2D eigenvalue weighted by atomic mass is 10.9. The predicted octanol–water partition coefficient (Wildman–Crippen LogP) is -0.234. The second-order valence-corrected chi connectivity index (χ2v) is 3.06.